The van der Waals surface area contributed by atoms with Crippen molar-refractivity contribution in [2.24, 2.45) is 0 Å². The standard InChI is InChI=1S/C21H17BO2/c1-23-18-12-13-21-19(14-18)20(16-8-4-2-5-9-16)15-22(24-21)17-10-6-3-7-11-17/h2-15H,1H3. The summed E-state index contributed by atoms with van der Waals surface area (Å²) in [5.41, 5.74) is 4.56. The van der Waals surface area contributed by atoms with Crippen LogP contribution in [0.3, 0.4) is 0 Å². The minimum Gasteiger partial charge on any atom is -0.551 e. The zero-order valence-electron chi connectivity index (χ0n) is 13.5. The Bertz CT molecular complexity index is 873. The highest BCUT2D eigenvalue weighted by Gasteiger charge is 2.27. The van der Waals surface area contributed by atoms with E-state index in [1.807, 2.05) is 42.5 Å². The summed E-state index contributed by atoms with van der Waals surface area (Å²) in [4.78, 5) is 0. The average molecular weight is 312 g/mol. The molecule has 116 valence electrons. The van der Waals surface area contributed by atoms with Crippen LogP contribution >= 0.6 is 0 Å². The van der Waals surface area contributed by atoms with E-state index < -0.39 is 0 Å². The Morgan fingerprint density at radius 1 is 0.833 bits per heavy atom. The maximum Gasteiger partial charge on any atom is 0.419 e. The molecule has 3 heteroatoms. The molecule has 1 aliphatic rings. The van der Waals surface area contributed by atoms with Gasteiger partial charge in [0.1, 0.15) is 11.5 Å². The third-order valence-electron chi connectivity index (χ3n) is 4.26. The Balaban J connectivity index is 1.86. The Morgan fingerprint density at radius 3 is 2.25 bits per heavy atom. The SMILES string of the molecule is COc1ccc2c(c1)C(c1ccccc1)=CB(c1ccccc1)O2. The molecule has 0 aromatic heterocycles. The van der Waals surface area contributed by atoms with Gasteiger partial charge >= 0.3 is 6.92 Å². The average Bonchev–Trinajstić information content (AvgIpc) is 2.68. The lowest BCUT2D eigenvalue weighted by Crippen LogP contribution is -2.37. The zero-order valence-corrected chi connectivity index (χ0v) is 13.5. The first kappa shape index (κ1) is 14.6. The summed E-state index contributed by atoms with van der Waals surface area (Å²) >= 11 is 0. The summed E-state index contributed by atoms with van der Waals surface area (Å²) in [6.07, 6.45) is 0. The van der Waals surface area contributed by atoms with Gasteiger partial charge in [0.25, 0.3) is 0 Å². The molecular formula is C21H17BO2. The normalized spacial score (nSPS) is 12.9. The largest absolute Gasteiger partial charge is 0.551 e. The second-order valence-corrected chi connectivity index (χ2v) is 5.76. The van der Waals surface area contributed by atoms with Gasteiger partial charge in [0.2, 0.25) is 0 Å². The van der Waals surface area contributed by atoms with E-state index in [2.05, 4.69) is 42.4 Å². The van der Waals surface area contributed by atoms with Crippen LogP contribution in [0.5, 0.6) is 11.5 Å². The highest BCUT2D eigenvalue weighted by Crippen LogP contribution is 2.37. The van der Waals surface area contributed by atoms with Crippen LogP contribution in [0.2, 0.25) is 0 Å². The van der Waals surface area contributed by atoms with Gasteiger partial charge in [-0.25, -0.2) is 0 Å². The van der Waals surface area contributed by atoms with Crippen LogP contribution < -0.4 is 14.9 Å². The molecule has 0 amide bonds. The minimum atomic E-state index is -0.0951. The van der Waals surface area contributed by atoms with Crippen molar-refractivity contribution in [3.63, 3.8) is 0 Å². The van der Waals surface area contributed by atoms with Crippen molar-refractivity contribution in [3.8, 4) is 11.5 Å². The third kappa shape index (κ3) is 2.69. The number of rotatable bonds is 3. The zero-order chi connectivity index (χ0) is 16.4. The van der Waals surface area contributed by atoms with Crippen LogP contribution in [-0.2, 0) is 0 Å². The second-order valence-electron chi connectivity index (χ2n) is 5.76. The molecule has 3 aromatic rings. The Kier molecular flexibility index (Phi) is 3.83. The molecule has 0 aliphatic carbocycles. The molecule has 3 aromatic carbocycles. The molecule has 0 saturated carbocycles. The summed E-state index contributed by atoms with van der Waals surface area (Å²) in [6, 6.07) is 26.7. The van der Waals surface area contributed by atoms with E-state index in [-0.39, 0.29) is 6.92 Å². The van der Waals surface area contributed by atoms with Crippen molar-refractivity contribution in [3.05, 3.63) is 96.0 Å². The first-order chi connectivity index (χ1) is 11.8. The monoisotopic (exact) mass is 312 g/mol. The molecule has 0 bridgehead atoms. The summed E-state index contributed by atoms with van der Waals surface area (Å²) < 4.78 is 11.6. The van der Waals surface area contributed by atoms with Gasteiger partial charge in [0.05, 0.1) is 7.11 Å². The van der Waals surface area contributed by atoms with Crippen molar-refractivity contribution in [1.82, 2.24) is 0 Å². The van der Waals surface area contributed by atoms with Crippen LogP contribution in [0.15, 0.2) is 84.8 Å². The van der Waals surface area contributed by atoms with Gasteiger partial charge in [-0.05, 0) is 34.8 Å². The van der Waals surface area contributed by atoms with E-state index in [1.165, 1.54) is 11.1 Å². The quantitative estimate of drug-likeness (QED) is 0.682. The molecule has 4 rings (SSSR count). The van der Waals surface area contributed by atoms with E-state index in [0.29, 0.717) is 0 Å². The van der Waals surface area contributed by atoms with E-state index in [9.17, 15) is 0 Å². The highest BCUT2D eigenvalue weighted by molar-refractivity contribution is 6.74. The van der Waals surface area contributed by atoms with Crippen LogP contribution in [0.4, 0.5) is 0 Å². The second kappa shape index (κ2) is 6.28. The van der Waals surface area contributed by atoms with Crippen LogP contribution in [-0.4, -0.2) is 14.0 Å². The van der Waals surface area contributed by atoms with Crippen molar-refractivity contribution in [1.29, 1.82) is 0 Å². The molecule has 0 spiro atoms. The maximum absolute atomic E-state index is 6.24. The van der Waals surface area contributed by atoms with Gasteiger partial charge in [0.15, 0.2) is 0 Å². The summed E-state index contributed by atoms with van der Waals surface area (Å²) in [7, 11) is 1.68. The van der Waals surface area contributed by atoms with Gasteiger partial charge in [-0.15, -0.1) is 0 Å². The molecular weight excluding hydrogens is 295 g/mol. The Labute approximate surface area is 142 Å². The van der Waals surface area contributed by atoms with Crippen molar-refractivity contribution >= 4 is 18.0 Å². The fourth-order valence-corrected chi connectivity index (χ4v) is 3.04. The Hall–Kier alpha value is -2.94. The fraction of sp³-hybridized carbons (Fsp3) is 0.0476. The van der Waals surface area contributed by atoms with Gasteiger partial charge in [0, 0.05) is 5.56 Å². The topological polar surface area (TPSA) is 18.5 Å². The van der Waals surface area contributed by atoms with Crippen LogP contribution in [0.1, 0.15) is 11.1 Å². The van der Waals surface area contributed by atoms with Crippen molar-refractivity contribution in [2.75, 3.05) is 7.11 Å². The van der Waals surface area contributed by atoms with E-state index in [1.54, 1.807) is 7.11 Å². The first-order valence-corrected chi connectivity index (χ1v) is 8.02. The maximum atomic E-state index is 6.24. The van der Waals surface area contributed by atoms with E-state index in [4.69, 9.17) is 9.39 Å². The number of ether oxygens (including phenoxy) is 1. The predicted molar refractivity (Wildman–Crippen MR) is 99.0 cm³/mol. The molecule has 2 nitrogen and oxygen atoms in total. The van der Waals surface area contributed by atoms with Gasteiger partial charge < -0.3 is 9.39 Å². The van der Waals surface area contributed by atoms with Gasteiger partial charge in [-0.3, -0.25) is 0 Å². The fourth-order valence-electron chi connectivity index (χ4n) is 3.04. The lowest BCUT2D eigenvalue weighted by molar-refractivity contribution is 0.414. The predicted octanol–water partition coefficient (Wildman–Crippen LogP) is 3.96. The lowest BCUT2D eigenvalue weighted by Gasteiger charge is -2.24. The lowest BCUT2D eigenvalue weighted by atomic mass is 9.58. The Morgan fingerprint density at radius 2 is 1.54 bits per heavy atom. The molecule has 0 unspecified atom stereocenters. The number of fused-ring (bicyclic) bond motifs is 1. The summed E-state index contributed by atoms with van der Waals surface area (Å²) in [5, 5.41) is 0. The molecule has 0 N–H and O–H groups in total. The molecule has 1 aliphatic heterocycles. The summed E-state index contributed by atoms with van der Waals surface area (Å²) in [6.45, 7) is -0.0951. The van der Waals surface area contributed by atoms with Gasteiger partial charge in [-0.1, -0.05) is 66.6 Å². The third-order valence-corrected chi connectivity index (χ3v) is 4.26. The highest BCUT2D eigenvalue weighted by atomic mass is 16.5. The summed E-state index contributed by atoms with van der Waals surface area (Å²) in [5.74, 6) is 3.90. The number of benzene rings is 3. The molecule has 0 fully saturated rings. The van der Waals surface area contributed by atoms with E-state index in [0.717, 1.165) is 22.5 Å². The molecule has 24 heavy (non-hydrogen) atoms. The van der Waals surface area contributed by atoms with Crippen molar-refractivity contribution in [2.45, 2.75) is 0 Å². The van der Waals surface area contributed by atoms with Crippen LogP contribution in [0.25, 0.3) is 5.57 Å². The molecule has 0 saturated heterocycles. The molecule has 1 heterocycles. The van der Waals surface area contributed by atoms with E-state index >= 15 is 0 Å². The molecule has 0 radical (unpaired) electrons. The number of hydrogen-bond donors (Lipinski definition) is 0. The molecule has 0 atom stereocenters. The smallest absolute Gasteiger partial charge is 0.419 e. The number of hydrogen-bond acceptors (Lipinski definition) is 2. The van der Waals surface area contributed by atoms with Gasteiger partial charge in [-0.2, -0.15) is 0 Å². The minimum absolute atomic E-state index is 0.0951. The first-order valence-electron chi connectivity index (χ1n) is 8.02. The van der Waals surface area contributed by atoms with Crippen LogP contribution in [0, 0.1) is 0 Å². The number of methoxy groups -OCH3 is 1. The van der Waals surface area contributed by atoms with Crippen molar-refractivity contribution < 1.29 is 9.39 Å².